The molecule has 1 unspecified atom stereocenters. The number of hydrogen-bond donors (Lipinski definition) is 0. The SMILES string of the molecule is CC(=O)OC(Cn1cncn1)(c1ccc(F)cc1F)C1(S(=O)(=O)Cl)CC1. The largest absolute Gasteiger partial charge is 0.450 e. The van der Waals surface area contributed by atoms with Crippen molar-refractivity contribution in [2.75, 3.05) is 0 Å². The highest BCUT2D eigenvalue weighted by Crippen LogP contribution is 2.60. The summed E-state index contributed by atoms with van der Waals surface area (Å²) >= 11 is 0. The molecule has 26 heavy (non-hydrogen) atoms. The van der Waals surface area contributed by atoms with Gasteiger partial charge >= 0.3 is 5.97 Å². The van der Waals surface area contributed by atoms with Crippen LogP contribution < -0.4 is 0 Å². The third kappa shape index (κ3) is 2.96. The van der Waals surface area contributed by atoms with Gasteiger partial charge in [0.15, 0.2) is 5.60 Å². The van der Waals surface area contributed by atoms with Gasteiger partial charge in [-0.2, -0.15) is 5.10 Å². The van der Waals surface area contributed by atoms with Gasteiger partial charge in [-0.1, -0.05) is 0 Å². The number of aromatic nitrogens is 3. The zero-order valence-corrected chi connectivity index (χ0v) is 15.1. The van der Waals surface area contributed by atoms with Gasteiger partial charge in [-0.05, 0) is 25.0 Å². The van der Waals surface area contributed by atoms with Crippen molar-refractivity contribution >= 4 is 25.7 Å². The molecule has 0 bridgehead atoms. The van der Waals surface area contributed by atoms with Crippen LogP contribution in [0.4, 0.5) is 8.78 Å². The van der Waals surface area contributed by atoms with E-state index in [-0.39, 0.29) is 24.9 Å². The number of halogens is 3. The summed E-state index contributed by atoms with van der Waals surface area (Å²) in [5.41, 5.74) is -2.34. The number of carbonyl (C=O) groups excluding carboxylic acids is 1. The van der Waals surface area contributed by atoms with E-state index >= 15 is 0 Å². The minimum absolute atomic E-state index is 0.0393. The fraction of sp³-hybridized carbons (Fsp3) is 0.400. The predicted octanol–water partition coefficient (Wildman–Crippen LogP) is 2.12. The van der Waals surface area contributed by atoms with E-state index in [9.17, 15) is 22.0 Å². The summed E-state index contributed by atoms with van der Waals surface area (Å²) in [6.45, 7) is 0.704. The molecule has 1 aromatic carbocycles. The Bertz CT molecular complexity index is 948. The van der Waals surface area contributed by atoms with Gasteiger partial charge in [0.2, 0.25) is 9.05 Å². The van der Waals surface area contributed by atoms with E-state index in [0.717, 1.165) is 19.1 Å². The van der Waals surface area contributed by atoms with Gasteiger partial charge in [-0.3, -0.25) is 4.79 Å². The van der Waals surface area contributed by atoms with Crippen molar-refractivity contribution in [3.05, 3.63) is 48.1 Å². The molecule has 0 N–H and O–H groups in total. The van der Waals surface area contributed by atoms with Crippen LogP contribution in [0, 0.1) is 11.6 Å². The highest BCUT2D eigenvalue weighted by atomic mass is 35.7. The maximum absolute atomic E-state index is 14.7. The van der Waals surface area contributed by atoms with E-state index < -0.39 is 37.0 Å². The first kappa shape index (κ1) is 18.7. The molecule has 3 rings (SSSR count). The van der Waals surface area contributed by atoms with Crippen LogP contribution in [0.2, 0.25) is 0 Å². The first-order valence-electron chi connectivity index (χ1n) is 7.53. The van der Waals surface area contributed by atoms with Crippen molar-refractivity contribution in [2.24, 2.45) is 0 Å². The van der Waals surface area contributed by atoms with Crippen LogP contribution >= 0.6 is 10.7 Å². The summed E-state index contributed by atoms with van der Waals surface area (Å²) in [6, 6.07) is 2.59. The highest BCUT2D eigenvalue weighted by molar-refractivity contribution is 8.15. The maximum Gasteiger partial charge on any atom is 0.303 e. The number of ether oxygens (including phenoxy) is 1. The van der Waals surface area contributed by atoms with Gasteiger partial charge in [0.25, 0.3) is 0 Å². The molecule has 1 fully saturated rings. The van der Waals surface area contributed by atoms with Crippen LogP contribution in [-0.2, 0) is 30.7 Å². The fourth-order valence-electron chi connectivity index (χ4n) is 3.22. The molecule has 1 heterocycles. The molecule has 1 aliphatic rings. The van der Waals surface area contributed by atoms with Crippen molar-refractivity contribution in [3.8, 4) is 0 Å². The van der Waals surface area contributed by atoms with Crippen molar-refractivity contribution in [2.45, 2.75) is 36.7 Å². The number of carbonyl (C=O) groups is 1. The quantitative estimate of drug-likeness (QED) is 0.540. The van der Waals surface area contributed by atoms with E-state index in [1.54, 1.807) is 0 Å². The molecule has 0 aliphatic heterocycles. The molecule has 1 aliphatic carbocycles. The van der Waals surface area contributed by atoms with Crippen LogP contribution in [0.15, 0.2) is 30.9 Å². The Morgan fingerprint density at radius 2 is 2.12 bits per heavy atom. The minimum atomic E-state index is -4.30. The third-order valence-electron chi connectivity index (χ3n) is 4.44. The lowest BCUT2D eigenvalue weighted by Crippen LogP contribution is -2.52. The molecule has 0 amide bonds. The van der Waals surface area contributed by atoms with Gasteiger partial charge in [0.1, 0.15) is 29.0 Å². The van der Waals surface area contributed by atoms with Crippen molar-refractivity contribution in [1.29, 1.82) is 0 Å². The normalized spacial score (nSPS) is 18.2. The lowest BCUT2D eigenvalue weighted by molar-refractivity contribution is -0.162. The average molecular weight is 406 g/mol. The lowest BCUT2D eigenvalue weighted by atomic mass is 9.87. The summed E-state index contributed by atoms with van der Waals surface area (Å²) in [4.78, 5) is 15.6. The second-order valence-corrected chi connectivity index (χ2v) is 8.95. The van der Waals surface area contributed by atoms with Crippen LogP contribution in [0.25, 0.3) is 0 Å². The first-order valence-corrected chi connectivity index (χ1v) is 9.84. The van der Waals surface area contributed by atoms with Crippen LogP contribution in [0.3, 0.4) is 0 Å². The second-order valence-electron chi connectivity index (χ2n) is 6.07. The summed E-state index contributed by atoms with van der Waals surface area (Å²) in [6.07, 6.45) is 2.53. The van der Waals surface area contributed by atoms with E-state index in [0.29, 0.717) is 6.07 Å². The van der Waals surface area contributed by atoms with Crippen LogP contribution in [0.1, 0.15) is 25.3 Å². The van der Waals surface area contributed by atoms with E-state index in [4.69, 9.17) is 15.4 Å². The maximum atomic E-state index is 14.7. The molecule has 1 aromatic heterocycles. The second kappa shape index (κ2) is 6.27. The standard InChI is InChI=1S/C15H14ClF2N3O4S/c1-10(22)25-15(7-21-9-19-8-20-21,14(4-5-14)26(16,23)24)12-3-2-11(17)6-13(12)18/h2-3,6,8-9H,4-5,7H2,1H3. The average Bonchev–Trinajstić information content (AvgIpc) is 3.20. The molecule has 11 heteroatoms. The molecular weight excluding hydrogens is 392 g/mol. The monoisotopic (exact) mass is 405 g/mol. The smallest absolute Gasteiger partial charge is 0.303 e. The summed E-state index contributed by atoms with van der Waals surface area (Å²) < 4.78 is 57.6. The molecule has 0 spiro atoms. The van der Waals surface area contributed by atoms with Gasteiger partial charge in [0, 0.05) is 29.2 Å². The van der Waals surface area contributed by atoms with E-state index in [1.807, 2.05) is 0 Å². The molecule has 0 saturated heterocycles. The number of rotatable bonds is 6. The number of hydrogen-bond acceptors (Lipinski definition) is 6. The summed E-state index contributed by atoms with van der Waals surface area (Å²) in [7, 11) is 1.37. The highest BCUT2D eigenvalue weighted by Gasteiger charge is 2.71. The van der Waals surface area contributed by atoms with Gasteiger partial charge in [-0.15, -0.1) is 0 Å². The van der Waals surface area contributed by atoms with E-state index in [1.165, 1.54) is 17.3 Å². The van der Waals surface area contributed by atoms with Gasteiger partial charge in [0.05, 0.1) is 6.54 Å². The summed E-state index contributed by atoms with van der Waals surface area (Å²) in [5, 5.41) is 3.88. The van der Waals surface area contributed by atoms with E-state index in [2.05, 4.69) is 10.1 Å². The molecule has 0 radical (unpaired) electrons. The zero-order valence-electron chi connectivity index (χ0n) is 13.5. The third-order valence-corrected chi connectivity index (χ3v) is 7.00. The Morgan fingerprint density at radius 1 is 1.42 bits per heavy atom. The number of esters is 1. The predicted molar refractivity (Wildman–Crippen MR) is 86.6 cm³/mol. The Labute approximate surface area is 152 Å². The molecule has 1 saturated carbocycles. The molecule has 2 aromatic rings. The molecule has 140 valence electrons. The van der Waals surface area contributed by atoms with Gasteiger partial charge < -0.3 is 4.74 Å². The zero-order chi connectivity index (χ0) is 19.2. The molecule has 1 atom stereocenters. The Hall–Kier alpha value is -2.07. The lowest BCUT2D eigenvalue weighted by Gasteiger charge is -2.39. The summed E-state index contributed by atoms with van der Waals surface area (Å²) in [5.74, 6) is -2.76. The fourth-order valence-corrected chi connectivity index (χ4v) is 5.25. The number of nitrogens with zero attached hydrogens (tertiary/aromatic N) is 3. The van der Waals surface area contributed by atoms with Crippen LogP contribution in [0.5, 0.6) is 0 Å². The number of benzene rings is 1. The minimum Gasteiger partial charge on any atom is -0.450 e. The Morgan fingerprint density at radius 3 is 2.58 bits per heavy atom. The molecular formula is C15H14ClF2N3O4S. The Balaban J connectivity index is 2.30. The van der Waals surface area contributed by atoms with Crippen molar-refractivity contribution in [3.63, 3.8) is 0 Å². The van der Waals surface area contributed by atoms with Crippen LogP contribution in [-0.4, -0.2) is 33.9 Å². The van der Waals surface area contributed by atoms with Crippen molar-refractivity contribution < 1.29 is 26.7 Å². The first-order chi connectivity index (χ1) is 12.1. The van der Waals surface area contributed by atoms with Gasteiger partial charge in [-0.25, -0.2) is 26.9 Å². The Kier molecular flexibility index (Phi) is 4.51. The molecule has 7 nitrogen and oxygen atoms in total. The van der Waals surface area contributed by atoms with Crippen molar-refractivity contribution in [1.82, 2.24) is 14.8 Å². The topological polar surface area (TPSA) is 91.2 Å².